The zero-order valence-corrected chi connectivity index (χ0v) is 9.48. The normalized spacial score (nSPS) is 24.1. The maximum Gasteiger partial charge on any atom is 0.217 e. The van der Waals surface area contributed by atoms with Gasteiger partial charge in [0.1, 0.15) is 11.9 Å². The molecule has 0 bridgehead atoms. The highest BCUT2D eigenvalue weighted by Gasteiger charge is 2.29. The van der Waals surface area contributed by atoms with Gasteiger partial charge in [-0.3, -0.25) is 4.79 Å². The summed E-state index contributed by atoms with van der Waals surface area (Å²) >= 11 is 0. The molecule has 0 saturated heterocycles. The van der Waals surface area contributed by atoms with Crippen molar-refractivity contribution in [2.45, 2.75) is 38.3 Å². The van der Waals surface area contributed by atoms with Crippen molar-refractivity contribution in [3.05, 3.63) is 30.3 Å². The Labute approximate surface area is 95.8 Å². The van der Waals surface area contributed by atoms with Crippen LogP contribution in [0.3, 0.4) is 0 Å². The summed E-state index contributed by atoms with van der Waals surface area (Å²) in [6, 6.07) is 9.94. The maximum atomic E-state index is 11.0. The van der Waals surface area contributed by atoms with Crippen molar-refractivity contribution in [1.82, 2.24) is 5.32 Å². The number of ether oxygens (including phenoxy) is 1. The van der Waals surface area contributed by atoms with E-state index in [1.54, 1.807) is 6.92 Å². The molecule has 1 aromatic carbocycles. The Balaban J connectivity index is 1.96. The molecule has 0 unspecified atom stereocenters. The molecule has 3 heteroatoms. The van der Waals surface area contributed by atoms with Crippen LogP contribution in [-0.2, 0) is 4.79 Å². The number of carbonyl (C=O) groups is 1. The van der Waals surface area contributed by atoms with E-state index in [1.165, 1.54) is 0 Å². The number of carbonyl (C=O) groups excluding carboxylic acids is 1. The fourth-order valence-corrected chi connectivity index (χ4v) is 2.17. The number of rotatable bonds is 3. The largest absolute Gasteiger partial charge is 0.488 e. The first kappa shape index (κ1) is 11.0. The van der Waals surface area contributed by atoms with Crippen molar-refractivity contribution in [1.29, 1.82) is 0 Å². The van der Waals surface area contributed by atoms with Crippen LogP contribution in [0, 0.1) is 0 Å². The van der Waals surface area contributed by atoms with E-state index in [9.17, 15) is 4.79 Å². The van der Waals surface area contributed by atoms with Gasteiger partial charge in [-0.25, -0.2) is 0 Å². The Bertz CT molecular complexity index is 350. The molecule has 86 valence electrons. The summed E-state index contributed by atoms with van der Waals surface area (Å²) in [4.78, 5) is 11.0. The first-order chi connectivity index (χ1) is 7.75. The van der Waals surface area contributed by atoms with Gasteiger partial charge in [0.05, 0.1) is 6.04 Å². The van der Waals surface area contributed by atoms with Crippen molar-refractivity contribution < 1.29 is 9.53 Å². The van der Waals surface area contributed by atoms with Gasteiger partial charge in [0.2, 0.25) is 5.91 Å². The van der Waals surface area contributed by atoms with E-state index in [-0.39, 0.29) is 18.1 Å². The molecule has 3 nitrogen and oxygen atoms in total. The van der Waals surface area contributed by atoms with Crippen LogP contribution in [-0.4, -0.2) is 18.1 Å². The molecule has 1 aliphatic carbocycles. The van der Waals surface area contributed by atoms with Crippen molar-refractivity contribution >= 4 is 5.91 Å². The second-order valence-electron chi connectivity index (χ2n) is 4.21. The lowest BCUT2D eigenvalue weighted by atomic mass is 10.2. The lowest BCUT2D eigenvalue weighted by molar-refractivity contribution is -0.120. The lowest BCUT2D eigenvalue weighted by Gasteiger charge is -2.21. The highest BCUT2D eigenvalue weighted by Crippen LogP contribution is 2.24. The molecule has 0 heterocycles. The average Bonchev–Trinajstić information content (AvgIpc) is 2.66. The van der Waals surface area contributed by atoms with Crippen LogP contribution in [0.2, 0.25) is 0 Å². The molecule has 2 atom stereocenters. The predicted molar refractivity (Wildman–Crippen MR) is 62.3 cm³/mol. The molecular formula is C13H17NO2. The van der Waals surface area contributed by atoms with Gasteiger partial charge in [-0.15, -0.1) is 0 Å². The van der Waals surface area contributed by atoms with Crippen LogP contribution in [0.25, 0.3) is 0 Å². The summed E-state index contributed by atoms with van der Waals surface area (Å²) in [6.07, 6.45) is 3.26. The number of nitrogens with one attached hydrogen (secondary N) is 1. The van der Waals surface area contributed by atoms with Crippen LogP contribution >= 0.6 is 0 Å². The predicted octanol–water partition coefficient (Wildman–Crippen LogP) is 2.12. The Morgan fingerprint density at radius 2 is 2.06 bits per heavy atom. The molecule has 1 N–H and O–H groups in total. The molecular weight excluding hydrogens is 202 g/mol. The SMILES string of the molecule is CC(=O)N[C@@H]1CCC[C@@H]1Oc1ccccc1. The zero-order chi connectivity index (χ0) is 11.4. The third kappa shape index (κ3) is 2.75. The van der Waals surface area contributed by atoms with E-state index in [4.69, 9.17) is 4.74 Å². The first-order valence-electron chi connectivity index (χ1n) is 5.74. The average molecular weight is 219 g/mol. The Morgan fingerprint density at radius 1 is 1.31 bits per heavy atom. The van der Waals surface area contributed by atoms with Gasteiger partial charge in [-0.2, -0.15) is 0 Å². The van der Waals surface area contributed by atoms with Gasteiger partial charge >= 0.3 is 0 Å². The fourth-order valence-electron chi connectivity index (χ4n) is 2.17. The summed E-state index contributed by atoms with van der Waals surface area (Å²) in [5, 5.41) is 2.95. The van der Waals surface area contributed by atoms with Crippen molar-refractivity contribution in [3.8, 4) is 5.75 Å². The van der Waals surface area contributed by atoms with E-state index < -0.39 is 0 Å². The van der Waals surface area contributed by atoms with E-state index in [2.05, 4.69) is 5.32 Å². The lowest BCUT2D eigenvalue weighted by Crippen LogP contribution is -2.41. The minimum atomic E-state index is 0.0218. The van der Waals surface area contributed by atoms with Gasteiger partial charge in [-0.05, 0) is 31.4 Å². The quantitative estimate of drug-likeness (QED) is 0.845. The van der Waals surface area contributed by atoms with Crippen molar-refractivity contribution in [3.63, 3.8) is 0 Å². The molecule has 1 aromatic rings. The molecule has 2 rings (SSSR count). The first-order valence-corrected chi connectivity index (χ1v) is 5.74. The van der Waals surface area contributed by atoms with Crippen LogP contribution in [0.15, 0.2) is 30.3 Å². The number of hydrogen-bond acceptors (Lipinski definition) is 2. The summed E-state index contributed by atoms with van der Waals surface area (Å²) in [6.45, 7) is 1.55. The van der Waals surface area contributed by atoms with Crippen LogP contribution in [0.5, 0.6) is 5.75 Å². The van der Waals surface area contributed by atoms with Crippen LogP contribution in [0.4, 0.5) is 0 Å². The van der Waals surface area contributed by atoms with Gasteiger partial charge < -0.3 is 10.1 Å². The standard InChI is InChI=1S/C13H17NO2/c1-10(15)14-12-8-5-9-13(12)16-11-6-3-2-4-7-11/h2-4,6-7,12-13H,5,8-9H2,1H3,(H,14,15)/t12-,13+/m1/s1. The number of para-hydroxylation sites is 1. The molecule has 1 saturated carbocycles. The molecule has 0 aromatic heterocycles. The Morgan fingerprint density at radius 3 is 2.75 bits per heavy atom. The summed E-state index contributed by atoms with van der Waals surface area (Å²) in [5.74, 6) is 0.901. The number of benzene rings is 1. The molecule has 1 fully saturated rings. The molecule has 0 aliphatic heterocycles. The van der Waals surface area contributed by atoms with Crippen LogP contribution in [0.1, 0.15) is 26.2 Å². The highest BCUT2D eigenvalue weighted by molar-refractivity contribution is 5.73. The second kappa shape index (κ2) is 5.01. The summed E-state index contributed by atoms with van der Waals surface area (Å²) in [7, 11) is 0. The van der Waals surface area contributed by atoms with E-state index in [0.29, 0.717) is 0 Å². The van der Waals surface area contributed by atoms with Gasteiger partial charge in [0, 0.05) is 6.92 Å². The van der Waals surface area contributed by atoms with E-state index in [0.717, 1.165) is 25.0 Å². The summed E-state index contributed by atoms with van der Waals surface area (Å²) in [5.41, 5.74) is 0. The second-order valence-corrected chi connectivity index (χ2v) is 4.21. The molecule has 0 spiro atoms. The van der Waals surface area contributed by atoms with Gasteiger partial charge in [0.15, 0.2) is 0 Å². The minimum absolute atomic E-state index is 0.0218. The Hall–Kier alpha value is -1.51. The van der Waals surface area contributed by atoms with Gasteiger partial charge in [-0.1, -0.05) is 18.2 Å². The summed E-state index contributed by atoms with van der Waals surface area (Å²) < 4.78 is 5.87. The van der Waals surface area contributed by atoms with Crippen LogP contribution < -0.4 is 10.1 Å². The molecule has 0 radical (unpaired) electrons. The number of hydrogen-bond donors (Lipinski definition) is 1. The van der Waals surface area contributed by atoms with Crippen molar-refractivity contribution in [2.24, 2.45) is 0 Å². The molecule has 16 heavy (non-hydrogen) atoms. The zero-order valence-electron chi connectivity index (χ0n) is 9.48. The van der Waals surface area contributed by atoms with Crippen molar-refractivity contribution in [2.75, 3.05) is 0 Å². The Kier molecular flexibility index (Phi) is 3.44. The van der Waals surface area contributed by atoms with E-state index >= 15 is 0 Å². The van der Waals surface area contributed by atoms with E-state index in [1.807, 2.05) is 30.3 Å². The third-order valence-corrected chi connectivity index (χ3v) is 2.87. The third-order valence-electron chi connectivity index (χ3n) is 2.87. The number of amides is 1. The monoisotopic (exact) mass is 219 g/mol. The topological polar surface area (TPSA) is 38.3 Å². The smallest absolute Gasteiger partial charge is 0.217 e. The molecule has 1 aliphatic rings. The van der Waals surface area contributed by atoms with Gasteiger partial charge in [0.25, 0.3) is 0 Å². The fraction of sp³-hybridized carbons (Fsp3) is 0.462. The molecule has 1 amide bonds. The minimum Gasteiger partial charge on any atom is -0.488 e. The highest BCUT2D eigenvalue weighted by atomic mass is 16.5. The maximum absolute atomic E-state index is 11.0.